The van der Waals surface area contributed by atoms with E-state index in [2.05, 4.69) is 4.98 Å². The quantitative estimate of drug-likeness (QED) is 0.662. The van der Waals surface area contributed by atoms with Gasteiger partial charge in [-0.25, -0.2) is 0 Å². The van der Waals surface area contributed by atoms with E-state index in [9.17, 15) is 18.0 Å². The molecular weight excluding hydrogens is 331 g/mol. The number of alkyl halides is 3. The molecule has 0 aliphatic heterocycles. The molecule has 0 N–H and O–H groups in total. The lowest BCUT2D eigenvalue weighted by atomic mass is 10.1. The highest BCUT2D eigenvalue weighted by Gasteiger charge is 2.31. The molecule has 0 saturated heterocycles. The number of hydrogen-bond donors (Lipinski definition) is 0. The predicted octanol–water partition coefficient (Wildman–Crippen LogP) is 4.09. The van der Waals surface area contributed by atoms with E-state index in [0.29, 0.717) is 17.2 Å². The Kier molecular flexibility index (Phi) is 3.49. The minimum Gasteiger partial charge on any atom is -0.329 e. The second kappa shape index (κ2) is 5.25. The molecule has 0 unspecified atom stereocenters. The predicted molar refractivity (Wildman–Crippen MR) is 78.4 cm³/mol. The summed E-state index contributed by atoms with van der Waals surface area (Å²) in [6, 6.07) is 6.08. The molecule has 0 atom stereocenters. The molecule has 23 heavy (non-hydrogen) atoms. The molecule has 3 rings (SSSR count). The van der Waals surface area contributed by atoms with Crippen molar-refractivity contribution in [3.63, 3.8) is 0 Å². The highest BCUT2D eigenvalue weighted by atomic mass is 35.5. The maximum atomic E-state index is 12.9. The standard InChI is InChI=1S/C15H7ClF3N3O/c16-12-9(4-20)5-21-13-10-3-8(6-23)1-2-11(10)22(14(12)13)7-15(17,18)19/h1-3,5-6H,7H2. The van der Waals surface area contributed by atoms with E-state index in [1.165, 1.54) is 24.4 Å². The Bertz CT molecular complexity index is 986. The van der Waals surface area contributed by atoms with Crippen molar-refractivity contribution in [2.24, 2.45) is 0 Å². The number of carbonyl (C=O) groups excluding carboxylic acids is 1. The summed E-state index contributed by atoms with van der Waals surface area (Å²) in [4.78, 5) is 15.0. The average Bonchev–Trinajstić information content (AvgIpc) is 2.80. The summed E-state index contributed by atoms with van der Waals surface area (Å²) in [6.07, 6.45) is -2.68. The molecule has 2 aromatic heterocycles. The lowest BCUT2D eigenvalue weighted by molar-refractivity contribution is -0.139. The minimum atomic E-state index is -4.48. The number of fused-ring (bicyclic) bond motifs is 3. The Balaban J connectivity index is 2.49. The van der Waals surface area contributed by atoms with Crippen LogP contribution in [0.4, 0.5) is 13.2 Å². The Labute approximate surface area is 132 Å². The number of rotatable bonds is 2. The van der Waals surface area contributed by atoms with Crippen LogP contribution in [-0.4, -0.2) is 22.0 Å². The number of nitrogens with zero attached hydrogens (tertiary/aromatic N) is 3. The zero-order valence-corrected chi connectivity index (χ0v) is 12.1. The van der Waals surface area contributed by atoms with Gasteiger partial charge in [0.1, 0.15) is 18.9 Å². The van der Waals surface area contributed by atoms with Crippen molar-refractivity contribution >= 4 is 39.8 Å². The van der Waals surface area contributed by atoms with Gasteiger partial charge in [-0.15, -0.1) is 0 Å². The third-order valence-corrected chi connectivity index (χ3v) is 3.80. The van der Waals surface area contributed by atoms with Crippen molar-refractivity contribution in [3.05, 3.63) is 40.5 Å². The fraction of sp³-hybridized carbons (Fsp3) is 0.133. The van der Waals surface area contributed by atoms with Gasteiger partial charge >= 0.3 is 6.18 Å². The summed E-state index contributed by atoms with van der Waals surface area (Å²) in [5, 5.41) is 9.29. The van der Waals surface area contributed by atoms with Gasteiger partial charge in [-0.2, -0.15) is 18.4 Å². The third-order valence-electron chi connectivity index (χ3n) is 3.42. The smallest absolute Gasteiger partial charge is 0.329 e. The van der Waals surface area contributed by atoms with Crippen molar-refractivity contribution in [2.75, 3.05) is 0 Å². The molecule has 2 heterocycles. The van der Waals surface area contributed by atoms with E-state index in [1.54, 1.807) is 6.07 Å². The number of aromatic nitrogens is 2. The van der Waals surface area contributed by atoms with Gasteiger partial charge in [0.2, 0.25) is 0 Å². The van der Waals surface area contributed by atoms with Gasteiger partial charge in [0, 0.05) is 17.1 Å². The number of aldehydes is 1. The van der Waals surface area contributed by atoms with Crippen LogP contribution < -0.4 is 0 Å². The maximum Gasteiger partial charge on any atom is 0.406 e. The summed E-state index contributed by atoms with van der Waals surface area (Å²) >= 11 is 6.10. The van der Waals surface area contributed by atoms with Crippen molar-refractivity contribution < 1.29 is 18.0 Å². The van der Waals surface area contributed by atoms with Crippen molar-refractivity contribution in [2.45, 2.75) is 12.7 Å². The van der Waals surface area contributed by atoms with Gasteiger partial charge in [0.25, 0.3) is 0 Å². The number of pyridine rings is 1. The normalized spacial score (nSPS) is 11.8. The Morgan fingerprint density at radius 1 is 1.39 bits per heavy atom. The number of benzene rings is 1. The van der Waals surface area contributed by atoms with E-state index in [0.717, 1.165) is 4.57 Å². The summed E-state index contributed by atoms with van der Waals surface area (Å²) in [6.45, 7) is -1.27. The van der Waals surface area contributed by atoms with Gasteiger partial charge in [-0.3, -0.25) is 9.78 Å². The van der Waals surface area contributed by atoms with Crippen molar-refractivity contribution in [1.29, 1.82) is 5.26 Å². The van der Waals surface area contributed by atoms with Gasteiger partial charge in [-0.1, -0.05) is 11.6 Å². The highest BCUT2D eigenvalue weighted by molar-refractivity contribution is 6.37. The first kappa shape index (κ1) is 15.3. The number of halogens is 4. The van der Waals surface area contributed by atoms with E-state index in [1.807, 2.05) is 0 Å². The summed E-state index contributed by atoms with van der Waals surface area (Å²) < 4.78 is 39.8. The zero-order valence-electron chi connectivity index (χ0n) is 11.4. The largest absolute Gasteiger partial charge is 0.406 e. The molecule has 3 aromatic rings. The van der Waals surface area contributed by atoms with Crippen molar-refractivity contribution in [3.8, 4) is 6.07 Å². The summed E-state index contributed by atoms with van der Waals surface area (Å²) in [5.74, 6) is 0. The monoisotopic (exact) mass is 337 g/mol. The van der Waals surface area contributed by atoms with Crippen LogP contribution in [0.3, 0.4) is 0 Å². The van der Waals surface area contributed by atoms with Crippen LogP contribution in [0, 0.1) is 11.3 Å². The molecule has 4 nitrogen and oxygen atoms in total. The SMILES string of the molecule is N#Cc1cnc2c3cc(C=O)ccc3n(CC(F)(F)F)c2c1Cl. The van der Waals surface area contributed by atoms with Crippen LogP contribution in [0.2, 0.25) is 5.02 Å². The summed E-state index contributed by atoms with van der Waals surface area (Å²) in [5.41, 5.74) is 0.789. The fourth-order valence-electron chi connectivity index (χ4n) is 2.52. The molecule has 0 bridgehead atoms. The molecule has 0 fully saturated rings. The number of carbonyl (C=O) groups is 1. The third kappa shape index (κ3) is 2.51. The number of hydrogen-bond acceptors (Lipinski definition) is 3. The van der Waals surface area contributed by atoms with Gasteiger partial charge in [0.05, 0.1) is 27.1 Å². The Hall–Kier alpha value is -2.59. The highest BCUT2D eigenvalue weighted by Crippen LogP contribution is 2.36. The lowest BCUT2D eigenvalue weighted by Gasteiger charge is -2.11. The molecule has 116 valence electrons. The molecule has 8 heteroatoms. The van der Waals surface area contributed by atoms with E-state index in [4.69, 9.17) is 16.9 Å². The minimum absolute atomic E-state index is 0.0130. The molecule has 0 aliphatic rings. The molecule has 1 aromatic carbocycles. The van der Waals surface area contributed by atoms with Crippen LogP contribution in [0.5, 0.6) is 0 Å². The van der Waals surface area contributed by atoms with Crippen LogP contribution in [-0.2, 0) is 6.54 Å². The van der Waals surface area contributed by atoms with Crippen LogP contribution in [0.25, 0.3) is 21.9 Å². The molecular formula is C15H7ClF3N3O. The van der Waals surface area contributed by atoms with Gasteiger partial charge in [0.15, 0.2) is 0 Å². The van der Waals surface area contributed by atoms with E-state index >= 15 is 0 Å². The molecule has 0 amide bonds. The van der Waals surface area contributed by atoms with Crippen LogP contribution in [0.1, 0.15) is 15.9 Å². The molecule has 0 spiro atoms. The zero-order chi connectivity index (χ0) is 16.8. The first-order chi connectivity index (χ1) is 10.9. The summed E-state index contributed by atoms with van der Waals surface area (Å²) in [7, 11) is 0. The molecule has 0 radical (unpaired) electrons. The molecule has 0 saturated carbocycles. The number of nitriles is 1. The fourth-order valence-corrected chi connectivity index (χ4v) is 2.80. The van der Waals surface area contributed by atoms with E-state index < -0.39 is 12.7 Å². The Morgan fingerprint density at radius 3 is 2.74 bits per heavy atom. The van der Waals surface area contributed by atoms with Crippen LogP contribution in [0.15, 0.2) is 24.4 Å². The maximum absolute atomic E-state index is 12.9. The van der Waals surface area contributed by atoms with Crippen molar-refractivity contribution in [1.82, 2.24) is 9.55 Å². The van der Waals surface area contributed by atoms with E-state index in [-0.39, 0.29) is 27.1 Å². The first-order valence-corrected chi connectivity index (χ1v) is 6.76. The van der Waals surface area contributed by atoms with Gasteiger partial charge < -0.3 is 4.57 Å². The average molecular weight is 338 g/mol. The Morgan fingerprint density at radius 2 is 2.13 bits per heavy atom. The first-order valence-electron chi connectivity index (χ1n) is 6.38. The lowest BCUT2D eigenvalue weighted by Crippen LogP contribution is -2.17. The topological polar surface area (TPSA) is 58.7 Å². The van der Waals surface area contributed by atoms with Gasteiger partial charge in [-0.05, 0) is 18.2 Å². The second-order valence-corrected chi connectivity index (χ2v) is 5.27. The van der Waals surface area contributed by atoms with Crippen LogP contribution >= 0.6 is 11.6 Å². The molecule has 0 aliphatic carbocycles. The second-order valence-electron chi connectivity index (χ2n) is 4.89.